The van der Waals surface area contributed by atoms with Gasteiger partial charge in [-0.1, -0.05) is 19.4 Å². The fourth-order valence-electron chi connectivity index (χ4n) is 2.33. The van der Waals surface area contributed by atoms with Gasteiger partial charge in [-0.3, -0.25) is 9.59 Å². The van der Waals surface area contributed by atoms with Crippen molar-refractivity contribution >= 4 is 24.0 Å². The largest absolute Gasteiger partial charge is 0.336 e. The molecule has 0 radical (unpaired) electrons. The summed E-state index contributed by atoms with van der Waals surface area (Å²) in [7, 11) is 1.66. The van der Waals surface area contributed by atoms with Crippen LogP contribution in [0.3, 0.4) is 0 Å². The van der Waals surface area contributed by atoms with Crippen LogP contribution in [0.5, 0.6) is 0 Å². The van der Waals surface area contributed by atoms with E-state index in [1.807, 2.05) is 20.8 Å². The highest BCUT2D eigenvalue weighted by molar-refractivity contribution is 6.08. The molecule has 0 bridgehead atoms. The molecule has 24 heavy (non-hydrogen) atoms. The summed E-state index contributed by atoms with van der Waals surface area (Å²) in [4.78, 5) is 42.7. The Morgan fingerprint density at radius 1 is 1.42 bits per heavy atom. The van der Waals surface area contributed by atoms with Crippen molar-refractivity contribution in [2.24, 2.45) is 0 Å². The smallest absolute Gasteiger partial charge is 0.324 e. The number of hydrogen-bond donors (Lipinski definition) is 1. The monoisotopic (exact) mass is 332 g/mol. The van der Waals surface area contributed by atoms with Gasteiger partial charge in [0.2, 0.25) is 0 Å². The van der Waals surface area contributed by atoms with Gasteiger partial charge in [-0.25, -0.2) is 19.9 Å². The van der Waals surface area contributed by atoms with Crippen LogP contribution < -0.4 is 21.6 Å². The number of aromatic nitrogens is 2. The Balaban J connectivity index is 2.54. The SMILES string of the molecule is CCCCc1nc2c(c(=O)n1NC(=O)N(C)C(C)C)=CC(=O)CC=2. The molecule has 0 aliphatic heterocycles. The standard InChI is InChI=1S/C17H24N4O3/c1-5-6-7-15-18-14-9-8-12(22)10-13(14)16(23)21(15)19-17(24)20(4)11(2)3/h9-11H,5-8H2,1-4H3,(H,19,24). The zero-order valence-corrected chi connectivity index (χ0v) is 14.6. The van der Waals surface area contributed by atoms with E-state index >= 15 is 0 Å². The number of ketones is 1. The highest BCUT2D eigenvalue weighted by Crippen LogP contribution is 2.00. The van der Waals surface area contributed by atoms with Crippen molar-refractivity contribution in [1.29, 1.82) is 0 Å². The Morgan fingerprint density at radius 2 is 2.12 bits per heavy atom. The fraction of sp³-hybridized carbons (Fsp3) is 0.529. The summed E-state index contributed by atoms with van der Waals surface area (Å²) >= 11 is 0. The van der Waals surface area contributed by atoms with E-state index in [1.165, 1.54) is 15.7 Å². The minimum Gasteiger partial charge on any atom is -0.324 e. The molecule has 1 N–H and O–H groups in total. The number of hydrogen-bond acceptors (Lipinski definition) is 4. The van der Waals surface area contributed by atoms with E-state index in [2.05, 4.69) is 10.4 Å². The highest BCUT2D eigenvalue weighted by Gasteiger charge is 2.17. The summed E-state index contributed by atoms with van der Waals surface area (Å²) in [6, 6.07) is -0.399. The molecule has 0 unspecified atom stereocenters. The molecule has 1 aliphatic rings. The maximum absolute atomic E-state index is 12.8. The van der Waals surface area contributed by atoms with Crippen molar-refractivity contribution in [2.75, 3.05) is 12.5 Å². The van der Waals surface area contributed by atoms with Crippen LogP contribution in [0.15, 0.2) is 4.79 Å². The van der Waals surface area contributed by atoms with Gasteiger partial charge < -0.3 is 4.90 Å². The van der Waals surface area contributed by atoms with Gasteiger partial charge in [0.05, 0.1) is 10.6 Å². The van der Waals surface area contributed by atoms with E-state index in [4.69, 9.17) is 0 Å². The van der Waals surface area contributed by atoms with E-state index in [-0.39, 0.29) is 23.5 Å². The predicted octanol–water partition coefficient (Wildman–Crippen LogP) is 0.123. The lowest BCUT2D eigenvalue weighted by Crippen LogP contribution is -2.54. The number of Topliss-reactive ketones (excluding diaryl/α,β-unsaturated/α-hetero) is 1. The van der Waals surface area contributed by atoms with Crippen LogP contribution in [0.4, 0.5) is 4.79 Å². The van der Waals surface area contributed by atoms with Crippen molar-refractivity contribution in [3.63, 3.8) is 0 Å². The molecule has 0 spiro atoms. The van der Waals surface area contributed by atoms with E-state index in [0.29, 0.717) is 17.6 Å². The summed E-state index contributed by atoms with van der Waals surface area (Å²) in [5.41, 5.74) is 2.20. The van der Waals surface area contributed by atoms with Crippen LogP contribution in [0.25, 0.3) is 12.2 Å². The lowest BCUT2D eigenvalue weighted by Gasteiger charge is -2.23. The predicted molar refractivity (Wildman–Crippen MR) is 92.6 cm³/mol. The number of fused-ring (bicyclic) bond motifs is 1. The Hall–Kier alpha value is -2.44. The van der Waals surface area contributed by atoms with Gasteiger partial charge in [-0.15, -0.1) is 0 Å². The number of nitrogens with one attached hydrogen (secondary N) is 1. The van der Waals surface area contributed by atoms with Crippen LogP contribution >= 0.6 is 0 Å². The molecule has 0 saturated carbocycles. The third-order valence-electron chi connectivity index (χ3n) is 4.08. The molecule has 1 heterocycles. The summed E-state index contributed by atoms with van der Waals surface area (Å²) in [5.74, 6) is 0.366. The zero-order valence-electron chi connectivity index (χ0n) is 14.6. The molecule has 0 atom stereocenters. The summed E-state index contributed by atoms with van der Waals surface area (Å²) in [5, 5.41) is 0.757. The third kappa shape index (κ3) is 3.72. The van der Waals surface area contributed by atoms with Crippen molar-refractivity contribution in [1.82, 2.24) is 14.6 Å². The first kappa shape index (κ1) is 17.9. The molecule has 2 amide bonds. The number of nitrogens with zero attached hydrogens (tertiary/aromatic N) is 3. The molecule has 0 fully saturated rings. The molecular formula is C17H24N4O3. The molecule has 1 aromatic heterocycles. The second-order valence-corrected chi connectivity index (χ2v) is 6.21. The van der Waals surface area contributed by atoms with E-state index in [9.17, 15) is 14.4 Å². The number of aryl methyl sites for hydroxylation is 1. The van der Waals surface area contributed by atoms with Crippen molar-refractivity contribution < 1.29 is 9.59 Å². The molecule has 1 aromatic rings. The molecule has 1 aliphatic carbocycles. The Kier molecular flexibility index (Phi) is 5.54. The molecule has 130 valence electrons. The van der Waals surface area contributed by atoms with Crippen LogP contribution in [0.2, 0.25) is 0 Å². The van der Waals surface area contributed by atoms with Crippen molar-refractivity contribution in [3.8, 4) is 0 Å². The van der Waals surface area contributed by atoms with Crippen molar-refractivity contribution in [2.45, 2.75) is 52.5 Å². The Morgan fingerprint density at radius 3 is 2.75 bits per heavy atom. The van der Waals surface area contributed by atoms with Crippen LogP contribution in [0.1, 0.15) is 45.9 Å². The molecule has 7 nitrogen and oxygen atoms in total. The maximum atomic E-state index is 12.8. The Labute approximate surface area is 140 Å². The van der Waals surface area contributed by atoms with Crippen LogP contribution in [0, 0.1) is 0 Å². The normalized spacial score (nSPS) is 13.1. The zero-order chi connectivity index (χ0) is 17.9. The Bertz CT molecular complexity index is 823. The van der Waals surface area contributed by atoms with Crippen LogP contribution in [-0.4, -0.2) is 39.5 Å². The van der Waals surface area contributed by atoms with E-state index in [1.54, 1.807) is 13.1 Å². The second-order valence-electron chi connectivity index (χ2n) is 6.21. The third-order valence-corrected chi connectivity index (χ3v) is 4.08. The number of rotatable bonds is 5. The summed E-state index contributed by atoms with van der Waals surface area (Å²) in [6.45, 7) is 5.81. The first-order valence-corrected chi connectivity index (χ1v) is 8.25. The molecule has 0 saturated heterocycles. The van der Waals surface area contributed by atoms with Gasteiger partial charge in [-0.2, -0.15) is 0 Å². The topological polar surface area (TPSA) is 84.3 Å². The maximum Gasteiger partial charge on any atom is 0.336 e. The minimum atomic E-state index is -0.416. The molecule has 7 heteroatoms. The second kappa shape index (κ2) is 7.42. The van der Waals surface area contributed by atoms with Gasteiger partial charge in [0.1, 0.15) is 5.82 Å². The molecule has 2 rings (SSSR count). The number of unbranched alkanes of at least 4 members (excludes halogenated alkanes) is 1. The van der Waals surface area contributed by atoms with E-state index in [0.717, 1.165) is 12.8 Å². The minimum absolute atomic E-state index is 0.00754. The first-order chi connectivity index (χ1) is 11.3. The average molecular weight is 332 g/mol. The number of urea groups is 1. The van der Waals surface area contributed by atoms with Gasteiger partial charge in [0, 0.05) is 25.9 Å². The lowest BCUT2D eigenvalue weighted by atomic mass is 10.1. The molecular weight excluding hydrogens is 308 g/mol. The fourth-order valence-corrected chi connectivity index (χ4v) is 2.33. The average Bonchev–Trinajstić information content (AvgIpc) is 2.55. The van der Waals surface area contributed by atoms with Gasteiger partial charge in [0.25, 0.3) is 5.56 Å². The molecule has 0 aromatic carbocycles. The van der Waals surface area contributed by atoms with Crippen LogP contribution in [-0.2, 0) is 11.2 Å². The highest BCUT2D eigenvalue weighted by atomic mass is 16.2. The number of amides is 2. The van der Waals surface area contributed by atoms with E-state index < -0.39 is 11.6 Å². The summed E-state index contributed by atoms with van der Waals surface area (Å²) in [6.07, 6.45) is 5.60. The summed E-state index contributed by atoms with van der Waals surface area (Å²) < 4.78 is 1.18. The van der Waals surface area contributed by atoms with Crippen molar-refractivity contribution in [3.05, 3.63) is 26.7 Å². The van der Waals surface area contributed by atoms with Gasteiger partial charge >= 0.3 is 6.03 Å². The van der Waals surface area contributed by atoms with Gasteiger partial charge in [0.15, 0.2) is 5.78 Å². The first-order valence-electron chi connectivity index (χ1n) is 8.25. The lowest BCUT2D eigenvalue weighted by molar-refractivity contribution is -0.112. The number of carbonyl (C=O) groups excluding carboxylic acids is 2. The quantitative estimate of drug-likeness (QED) is 0.830. The number of carbonyl (C=O) groups is 2. The van der Waals surface area contributed by atoms with Gasteiger partial charge in [-0.05, 0) is 26.3 Å².